The molecule has 0 fully saturated rings. The Bertz CT molecular complexity index is 946. The first-order valence-corrected chi connectivity index (χ1v) is 7.14. The third-order valence-corrected chi connectivity index (χ3v) is 3.63. The Kier molecular flexibility index (Phi) is 5.36. The molecule has 0 aliphatic rings. The van der Waals surface area contributed by atoms with Gasteiger partial charge in [-0.3, -0.25) is 20.2 Å². The minimum absolute atomic E-state index is 0.0260. The van der Waals surface area contributed by atoms with Crippen molar-refractivity contribution in [3.8, 4) is 0 Å². The maximum Gasteiger partial charge on any atom is 0.418 e. The molecule has 0 aliphatic carbocycles. The van der Waals surface area contributed by atoms with Crippen molar-refractivity contribution in [1.82, 2.24) is 4.98 Å². The molecule has 2 rings (SSSR count). The Labute approximate surface area is 155 Å². The number of anilines is 2. The monoisotopic (exact) mass is 430 g/mol. The van der Waals surface area contributed by atoms with E-state index in [9.17, 15) is 46.6 Å². The van der Waals surface area contributed by atoms with E-state index in [4.69, 9.17) is 11.6 Å². The quantitative estimate of drug-likeness (QED) is 0.398. The Morgan fingerprint density at radius 1 is 1.00 bits per heavy atom. The summed E-state index contributed by atoms with van der Waals surface area (Å²) in [4.78, 5) is 22.9. The van der Waals surface area contributed by atoms with Gasteiger partial charge in [-0.25, -0.2) is 4.98 Å². The normalized spacial score (nSPS) is 12.0. The summed E-state index contributed by atoms with van der Waals surface area (Å²) in [6.07, 6.45) is -9.66. The van der Waals surface area contributed by atoms with E-state index in [2.05, 4.69) is 4.98 Å². The van der Waals surface area contributed by atoms with Gasteiger partial charge in [0.2, 0.25) is 0 Å². The Hall–Kier alpha value is -3.16. The van der Waals surface area contributed by atoms with Crippen LogP contribution in [0.4, 0.5) is 49.2 Å². The van der Waals surface area contributed by atoms with Gasteiger partial charge in [0.25, 0.3) is 0 Å². The summed E-state index contributed by atoms with van der Waals surface area (Å²) in [5.74, 6) is -0.532. The fraction of sp³-hybridized carbons (Fsp3) is 0.154. The highest BCUT2D eigenvalue weighted by molar-refractivity contribution is 6.34. The summed E-state index contributed by atoms with van der Waals surface area (Å²) in [6.45, 7) is 0. The average Bonchev–Trinajstić information content (AvgIpc) is 2.52. The Balaban J connectivity index is 2.67. The number of rotatable bonds is 4. The number of halogens is 7. The van der Waals surface area contributed by atoms with E-state index < -0.39 is 61.2 Å². The van der Waals surface area contributed by atoms with Crippen LogP contribution in [-0.4, -0.2) is 14.8 Å². The van der Waals surface area contributed by atoms with E-state index >= 15 is 0 Å². The molecule has 0 amide bonds. The zero-order valence-corrected chi connectivity index (χ0v) is 13.7. The van der Waals surface area contributed by atoms with E-state index in [-0.39, 0.29) is 6.07 Å². The molecule has 8 nitrogen and oxygen atoms in total. The van der Waals surface area contributed by atoms with Crippen molar-refractivity contribution in [2.24, 2.45) is 0 Å². The summed E-state index contributed by atoms with van der Waals surface area (Å²) >= 11 is 5.43. The lowest BCUT2D eigenvalue weighted by molar-refractivity contribution is -0.392. The molecule has 1 heterocycles. The molecule has 0 aliphatic heterocycles. The van der Waals surface area contributed by atoms with Crippen molar-refractivity contribution in [2.75, 3.05) is 5.32 Å². The van der Waals surface area contributed by atoms with Crippen LogP contribution in [0.1, 0.15) is 11.1 Å². The topological polar surface area (TPSA) is 111 Å². The highest BCUT2D eigenvalue weighted by atomic mass is 35.5. The first kappa shape index (κ1) is 21.1. The minimum atomic E-state index is -5.24. The van der Waals surface area contributed by atoms with E-state index in [1.807, 2.05) is 5.32 Å². The van der Waals surface area contributed by atoms with Crippen LogP contribution in [0.2, 0.25) is 5.02 Å². The van der Waals surface area contributed by atoms with Crippen molar-refractivity contribution in [1.29, 1.82) is 0 Å². The lowest BCUT2D eigenvalue weighted by atomic mass is 10.1. The second-order valence-electron chi connectivity index (χ2n) is 5.05. The van der Waals surface area contributed by atoms with E-state index in [0.717, 1.165) is 0 Å². The molecule has 0 atom stereocenters. The number of pyridine rings is 1. The second kappa shape index (κ2) is 7.10. The number of nitro groups is 2. The van der Waals surface area contributed by atoms with E-state index in [0.29, 0.717) is 18.3 Å². The molecule has 28 heavy (non-hydrogen) atoms. The van der Waals surface area contributed by atoms with Crippen LogP contribution in [0.15, 0.2) is 24.4 Å². The van der Waals surface area contributed by atoms with Crippen LogP contribution in [-0.2, 0) is 12.4 Å². The van der Waals surface area contributed by atoms with Gasteiger partial charge < -0.3 is 5.32 Å². The van der Waals surface area contributed by atoms with Crippen LogP contribution in [0, 0.1) is 20.2 Å². The van der Waals surface area contributed by atoms with Crippen LogP contribution in [0.3, 0.4) is 0 Å². The standard InChI is InChI=1S/C13H5ClF6N4O4/c14-9-6(13(18,19)20)3-7(23(25)26)10(11(9)24(27)28)22-8-2-1-5(4-21-8)12(15,16)17/h1-4H,(H,21,22). The fourth-order valence-corrected chi connectivity index (χ4v) is 2.36. The molecule has 0 spiro atoms. The molecule has 150 valence electrons. The number of alkyl halides is 6. The summed E-state index contributed by atoms with van der Waals surface area (Å²) in [6, 6.07) is 1.17. The summed E-state index contributed by atoms with van der Waals surface area (Å²) < 4.78 is 76.5. The molecule has 0 saturated heterocycles. The van der Waals surface area contributed by atoms with Crippen molar-refractivity contribution >= 4 is 34.5 Å². The van der Waals surface area contributed by atoms with Crippen LogP contribution < -0.4 is 5.32 Å². The number of hydrogen-bond acceptors (Lipinski definition) is 6. The smallest absolute Gasteiger partial charge is 0.329 e. The minimum Gasteiger partial charge on any atom is -0.329 e. The lowest BCUT2D eigenvalue weighted by Gasteiger charge is -2.13. The van der Waals surface area contributed by atoms with Gasteiger partial charge in [-0.15, -0.1) is 0 Å². The number of nitrogens with zero attached hydrogens (tertiary/aromatic N) is 3. The van der Waals surface area contributed by atoms with Gasteiger partial charge in [0.1, 0.15) is 10.8 Å². The number of aromatic nitrogens is 1. The van der Waals surface area contributed by atoms with E-state index in [1.165, 1.54) is 0 Å². The zero-order chi connectivity index (χ0) is 21.4. The van der Waals surface area contributed by atoms with Crippen molar-refractivity contribution < 1.29 is 36.2 Å². The van der Waals surface area contributed by atoms with Crippen molar-refractivity contribution in [2.45, 2.75) is 12.4 Å². The number of nitro benzene ring substituents is 2. The fourth-order valence-electron chi connectivity index (χ4n) is 2.04. The number of hydrogen-bond donors (Lipinski definition) is 1. The van der Waals surface area contributed by atoms with Gasteiger partial charge in [-0.1, -0.05) is 11.6 Å². The van der Waals surface area contributed by atoms with Gasteiger partial charge in [0.15, 0.2) is 5.69 Å². The molecular formula is C13H5ClF6N4O4. The SMILES string of the molecule is O=[N+]([O-])c1cc(C(F)(F)F)c(Cl)c([N+](=O)[O-])c1Nc1ccc(C(F)(F)F)cn1. The second-order valence-corrected chi connectivity index (χ2v) is 5.43. The molecular weight excluding hydrogens is 426 g/mol. The maximum absolute atomic E-state index is 13.0. The zero-order valence-electron chi connectivity index (χ0n) is 12.9. The van der Waals surface area contributed by atoms with E-state index in [1.54, 1.807) is 0 Å². The molecule has 2 aromatic rings. The number of benzene rings is 1. The first-order chi connectivity index (χ1) is 12.7. The van der Waals surface area contributed by atoms with Gasteiger partial charge in [0.05, 0.1) is 21.0 Å². The third-order valence-electron chi connectivity index (χ3n) is 3.25. The molecule has 1 aromatic carbocycles. The predicted molar refractivity (Wildman–Crippen MR) is 82.3 cm³/mol. The molecule has 0 bridgehead atoms. The molecule has 0 radical (unpaired) electrons. The molecule has 1 aromatic heterocycles. The summed E-state index contributed by atoms with van der Waals surface area (Å²) in [5.41, 5.74) is -6.93. The van der Waals surface area contributed by atoms with Crippen molar-refractivity contribution in [3.63, 3.8) is 0 Å². The van der Waals surface area contributed by atoms with Crippen LogP contribution >= 0.6 is 11.6 Å². The molecule has 1 N–H and O–H groups in total. The highest BCUT2D eigenvalue weighted by Gasteiger charge is 2.42. The largest absolute Gasteiger partial charge is 0.418 e. The maximum atomic E-state index is 13.0. The highest BCUT2D eigenvalue weighted by Crippen LogP contribution is 2.48. The molecule has 0 unspecified atom stereocenters. The summed E-state index contributed by atoms with van der Waals surface area (Å²) in [5, 5.41) is 22.9. The van der Waals surface area contributed by atoms with Gasteiger partial charge >= 0.3 is 23.7 Å². The Morgan fingerprint density at radius 3 is 2.00 bits per heavy atom. The van der Waals surface area contributed by atoms with Gasteiger partial charge in [-0.05, 0) is 12.1 Å². The van der Waals surface area contributed by atoms with Gasteiger partial charge in [0, 0.05) is 12.3 Å². The Morgan fingerprint density at radius 2 is 1.61 bits per heavy atom. The average molecular weight is 431 g/mol. The summed E-state index contributed by atoms with van der Waals surface area (Å²) in [7, 11) is 0. The first-order valence-electron chi connectivity index (χ1n) is 6.76. The third kappa shape index (κ3) is 4.21. The molecule has 0 saturated carbocycles. The van der Waals surface area contributed by atoms with Crippen LogP contribution in [0.25, 0.3) is 0 Å². The van der Waals surface area contributed by atoms with Crippen molar-refractivity contribution in [3.05, 3.63) is 60.8 Å². The van der Waals surface area contributed by atoms with Gasteiger partial charge in [-0.2, -0.15) is 26.3 Å². The molecule has 15 heteroatoms. The lowest BCUT2D eigenvalue weighted by Crippen LogP contribution is -2.11. The van der Waals surface area contributed by atoms with Crippen LogP contribution in [0.5, 0.6) is 0 Å². The predicted octanol–water partition coefficient (Wildman–Crippen LogP) is 5.33. The number of nitrogens with one attached hydrogen (secondary N) is 1.